The van der Waals surface area contributed by atoms with Gasteiger partial charge < -0.3 is 21.1 Å². The third kappa shape index (κ3) is 2.21. The van der Waals surface area contributed by atoms with E-state index in [0.29, 0.717) is 11.5 Å². The SMILES string of the molecule is Cc1nc(N2CCOC3(CC3)C2)ccc1C1(N)CC2(CC(N)C2)C1. The van der Waals surface area contributed by atoms with Crippen molar-refractivity contribution in [1.29, 1.82) is 0 Å². The van der Waals surface area contributed by atoms with Crippen molar-refractivity contribution in [3.63, 3.8) is 0 Å². The Morgan fingerprint density at radius 1 is 1.25 bits per heavy atom. The fourth-order valence-corrected chi connectivity index (χ4v) is 5.55. The zero-order chi connectivity index (χ0) is 16.6. The molecular weight excluding hydrogens is 300 g/mol. The van der Waals surface area contributed by atoms with E-state index in [1.54, 1.807) is 0 Å². The molecule has 1 aromatic heterocycles. The lowest BCUT2D eigenvalue weighted by Crippen LogP contribution is -2.63. The minimum absolute atomic E-state index is 0.130. The number of aryl methyl sites for hydroxylation is 1. The van der Waals surface area contributed by atoms with Crippen LogP contribution >= 0.6 is 0 Å². The molecule has 2 spiro atoms. The maximum atomic E-state index is 6.72. The van der Waals surface area contributed by atoms with Crippen LogP contribution in [0.3, 0.4) is 0 Å². The first-order valence-electron chi connectivity index (χ1n) is 9.33. The molecule has 0 bridgehead atoms. The molecule has 4 fully saturated rings. The second kappa shape index (κ2) is 4.71. The summed E-state index contributed by atoms with van der Waals surface area (Å²) in [5.41, 5.74) is 15.4. The first-order chi connectivity index (χ1) is 11.4. The van der Waals surface area contributed by atoms with E-state index in [1.807, 2.05) is 0 Å². The van der Waals surface area contributed by atoms with Gasteiger partial charge in [-0.15, -0.1) is 0 Å². The van der Waals surface area contributed by atoms with Crippen molar-refractivity contribution in [2.45, 2.75) is 62.6 Å². The Labute approximate surface area is 143 Å². The molecule has 0 amide bonds. The fraction of sp³-hybridized carbons (Fsp3) is 0.737. The lowest BCUT2D eigenvalue weighted by Gasteiger charge is -2.62. The van der Waals surface area contributed by atoms with E-state index >= 15 is 0 Å². The molecule has 3 aliphatic carbocycles. The number of hydrogen-bond donors (Lipinski definition) is 2. The topological polar surface area (TPSA) is 77.4 Å². The number of aromatic nitrogens is 1. The van der Waals surface area contributed by atoms with E-state index < -0.39 is 0 Å². The molecule has 4 aliphatic rings. The molecule has 0 unspecified atom stereocenters. The third-order valence-corrected chi connectivity index (χ3v) is 6.76. The summed E-state index contributed by atoms with van der Waals surface area (Å²) in [4.78, 5) is 7.29. The first-order valence-corrected chi connectivity index (χ1v) is 9.33. The summed E-state index contributed by atoms with van der Waals surface area (Å²) in [6.45, 7) is 4.83. The van der Waals surface area contributed by atoms with Gasteiger partial charge in [-0.1, -0.05) is 6.07 Å². The van der Waals surface area contributed by atoms with Crippen LogP contribution in [0.25, 0.3) is 0 Å². The van der Waals surface area contributed by atoms with Crippen molar-refractivity contribution in [2.75, 3.05) is 24.6 Å². The molecule has 0 atom stereocenters. The van der Waals surface area contributed by atoms with Gasteiger partial charge in [0.1, 0.15) is 5.82 Å². The molecule has 5 nitrogen and oxygen atoms in total. The summed E-state index contributed by atoms with van der Waals surface area (Å²) in [6.07, 6.45) is 6.80. The lowest BCUT2D eigenvalue weighted by molar-refractivity contribution is -0.0593. The van der Waals surface area contributed by atoms with Crippen LogP contribution in [0.4, 0.5) is 5.82 Å². The van der Waals surface area contributed by atoms with Gasteiger partial charge in [0.05, 0.1) is 12.2 Å². The van der Waals surface area contributed by atoms with Gasteiger partial charge >= 0.3 is 0 Å². The molecular formula is C19H28N4O. The van der Waals surface area contributed by atoms with E-state index in [1.165, 1.54) is 18.4 Å². The summed E-state index contributed by atoms with van der Waals surface area (Å²) < 4.78 is 5.91. The Kier molecular flexibility index (Phi) is 2.97. The normalized spacial score (nSPS) is 39.6. The standard InChI is InChI=1S/C19H28N4O/c1-13-15(19(21)10-17(11-19)8-14(20)9-17)2-3-16(22-13)23-6-7-24-18(12-23)4-5-18/h2-3,14H,4-12,20-21H2,1H3. The van der Waals surface area contributed by atoms with Gasteiger partial charge in [0.25, 0.3) is 0 Å². The van der Waals surface area contributed by atoms with Gasteiger partial charge in [0.2, 0.25) is 0 Å². The van der Waals surface area contributed by atoms with Crippen molar-refractivity contribution < 1.29 is 4.74 Å². The summed E-state index contributed by atoms with van der Waals surface area (Å²) in [5.74, 6) is 1.08. The van der Waals surface area contributed by atoms with Crippen LogP contribution < -0.4 is 16.4 Å². The molecule has 4 N–H and O–H groups in total. The van der Waals surface area contributed by atoms with Crippen LogP contribution in [0.15, 0.2) is 12.1 Å². The molecule has 0 aromatic carbocycles. The van der Waals surface area contributed by atoms with E-state index in [9.17, 15) is 0 Å². The lowest BCUT2D eigenvalue weighted by atomic mass is 9.46. The number of nitrogens with zero attached hydrogens (tertiary/aromatic N) is 2. The zero-order valence-corrected chi connectivity index (χ0v) is 14.6. The van der Waals surface area contributed by atoms with Crippen molar-refractivity contribution in [3.05, 3.63) is 23.4 Å². The molecule has 2 heterocycles. The Morgan fingerprint density at radius 3 is 2.62 bits per heavy atom. The quantitative estimate of drug-likeness (QED) is 0.866. The van der Waals surface area contributed by atoms with Gasteiger partial charge in [0.15, 0.2) is 0 Å². The van der Waals surface area contributed by atoms with Crippen molar-refractivity contribution in [3.8, 4) is 0 Å². The molecule has 3 saturated carbocycles. The Morgan fingerprint density at radius 2 is 2.00 bits per heavy atom. The fourth-order valence-electron chi connectivity index (χ4n) is 5.55. The maximum Gasteiger partial charge on any atom is 0.128 e. The van der Waals surface area contributed by atoms with Crippen LogP contribution in [0.5, 0.6) is 0 Å². The Balaban J connectivity index is 1.34. The van der Waals surface area contributed by atoms with Crippen molar-refractivity contribution in [1.82, 2.24) is 4.98 Å². The monoisotopic (exact) mass is 328 g/mol. The Bertz CT molecular complexity index is 670. The summed E-state index contributed by atoms with van der Waals surface area (Å²) in [6, 6.07) is 4.78. The van der Waals surface area contributed by atoms with Crippen LogP contribution in [-0.4, -0.2) is 36.3 Å². The van der Waals surface area contributed by atoms with E-state index in [-0.39, 0.29) is 11.1 Å². The number of hydrogen-bond acceptors (Lipinski definition) is 5. The number of ether oxygens (including phenoxy) is 1. The van der Waals surface area contributed by atoms with Gasteiger partial charge in [0, 0.05) is 30.4 Å². The highest BCUT2D eigenvalue weighted by atomic mass is 16.5. The highest BCUT2D eigenvalue weighted by Gasteiger charge is 2.58. The molecule has 24 heavy (non-hydrogen) atoms. The molecule has 5 heteroatoms. The van der Waals surface area contributed by atoms with Crippen LogP contribution in [0.1, 0.15) is 49.8 Å². The maximum absolute atomic E-state index is 6.72. The highest BCUT2D eigenvalue weighted by molar-refractivity contribution is 5.46. The third-order valence-electron chi connectivity index (χ3n) is 6.76. The molecule has 1 saturated heterocycles. The summed E-state index contributed by atoms with van der Waals surface area (Å²) in [5, 5.41) is 0. The molecule has 0 radical (unpaired) electrons. The summed E-state index contributed by atoms with van der Waals surface area (Å²) in [7, 11) is 0. The van der Waals surface area contributed by atoms with Gasteiger partial charge in [-0.2, -0.15) is 0 Å². The second-order valence-corrected chi connectivity index (χ2v) is 8.93. The highest BCUT2D eigenvalue weighted by Crippen LogP contribution is 2.62. The predicted molar refractivity (Wildman–Crippen MR) is 93.8 cm³/mol. The van der Waals surface area contributed by atoms with Crippen LogP contribution in [0, 0.1) is 12.3 Å². The number of anilines is 1. The number of pyridine rings is 1. The van der Waals surface area contributed by atoms with E-state index in [0.717, 1.165) is 56.9 Å². The number of rotatable bonds is 2. The van der Waals surface area contributed by atoms with Crippen LogP contribution in [0.2, 0.25) is 0 Å². The zero-order valence-electron chi connectivity index (χ0n) is 14.6. The molecule has 5 rings (SSSR count). The second-order valence-electron chi connectivity index (χ2n) is 8.93. The number of nitrogens with two attached hydrogens (primary N) is 2. The van der Waals surface area contributed by atoms with Gasteiger partial charge in [-0.3, -0.25) is 0 Å². The predicted octanol–water partition coefficient (Wildman–Crippen LogP) is 1.81. The summed E-state index contributed by atoms with van der Waals surface area (Å²) >= 11 is 0. The first kappa shape index (κ1) is 15.1. The molecule has 130 valence electrons. The van der Waals surface area contributed by atoms with Crippen LogP contribution in [-0.2, 0) is 10.3 Å². The molecule has 1 aromatic rings. The van der Waals surface area contributed by atoms with E-state index in [2.05, 4.69) is 24.0 Å². The Hall–Kier alpha value is -1.17. The molecule has 1 aliphatic heterocycles. The number of morpholine rings is 1. The van der Waals surface area contributed by atoms with E-state index in [4.69, 9.17) is 21.2 Å². The largest absolute Gasteiger partial charge is 0.371 e. The van der Waals surface area contributed by atoms with Crippen molar-refractivity contribution >= 4 is 5.82 Å². The average Bonchev–Trinajstić information content (AvgIpc) is 3.22. The minimum Gasteiger partial charge on any atom is -0.371 e. The minimum atomic E-state index is -0.196. The van der Waals surface area contributed by atoms with Gasteiger partial charge in [-0.05, 0) is 62.5 Å². The van der Waals surface area contributed by atoms with Gasteiger partial charge in [-0.25, -0.2) is 4.98 Å². The smallest absolute Gasteiger partial charge is 0.128 e. The van der Waals surface area contributed by atoms with Crippen molar-refractivity contribution in [2.24, 2.45) is 16.9 Å². The average molecular weight is 328 g/mol.